The molecular weight excluding hydrogens is 316 g/mol. The van der Waals surface area contributed by atoms with E-state index < -0.39 is 0 Å². The summed E-state index contributed by atoms with van der Waals surface area (Å²) >= 11 is 0. The molecule has 1 aliphatic heterocycles. The lowest BCUT2D eigenvalue weighted by Gasteiger charge is -2.26. The Labute approximate surface area is 150 Å². The third-order valence-electron chi connectivity index (χ3n) is 5.16. The summed E-state index contributed by atoms with van der Waals surface area (Å²) in [6.07, 6.45) is 7.11. The van der Waals surface area contributed by atoms with Gasteiger partial charge >= 0.3 is 0 Å². The molecule has 5 nitrogen and oxygen atoms in total. The van der Waals surface area contributed by atoms with Crippen molar-refractivity contribution in [2.75, 3.05) is 26.8 Å². The highest BCUT2D eigenvalue weighted by Gasteiger charge is 2.23. The van der Waals surface area contributed by atoms with Gasteiger partial charge in [-0.3, -0.25) is 9.69 Å². The zero-order valence-corrected chi connectivity index (χ0v) is 15.2. The monoisotopic (exact) mass is 346 g/mol. The maximum Gasteiger partial charge on any atom is 0.234 e. The maximum atomic E-state index is 12.5. The summed E-state index contributed by atoms with van der Waals surface area (Å²) in [5, 5.41) is 3.20. The molecule has 0 spiro atoms. The fourth-order valence-electron chi connectivity index (χ4n) is 3.88. The van der Waals surface area contributed by atoms with Crippen molar-refractivity contribution in [3.63, 3.8) is 0 Å². The average Bonchev–Trinajstić information content (AvgIpc) is 3.29. The van der Waals surface area contributed by atoms with Crippen LogP contribution in [-0.4, -0.2) is 49.8 Å². The number of nitrogens with zero attached hydrogens (tertiary/aromatic N) is 1. The first-order valence-corrected chi connectivity index (χ1v) is 9.50. The zero-order valence-electron chi connectivity index (χ0n) is 15.2. The van der Waals surface area contributed by atoms with Gasteiger partial charge in [-0.05, 0) is 31.7 Å². The van der Waals surface area contributed by atoms with Gasteiger partial charge in [-0.25, -0.2) is 0 Å². The number of methoxy groups -OCH3 is 1. The van der Waals surface area contributed by atoms with Gasteiger partial charge in [0.2, 0.25) is 5.91 Å². The fourth-order valence-corrected chi connectivity index (χ4v) is 3.88. The van der Waals surface area contributed by atoms with Crippen LogP contribution in [0.4, 0.5) is 0 Å². The summed E-state index contributed by atoms with van der Waals surface area (Å²) in [6, 6.07) is 8.39. The largest absolute Gasteiger partial charge is 0.496 e. The van der Waals surface area contributed by atoms with Crippen LogP contribution in [0.1, 0.15) is 44.1 Å². The molecule has 138 valence electrons. The van der Waals surface area contributed by atoms with Crippen LogP contribution in [0.2, 0.25) is 0 Å². The van der Waals surface area contributed by atoms with Crippen LogP contribution in [0.3, 0.4) is 0 Å². The maximum absolute atomic E-state index is 12.5. The van der Waals surface area contributed by atoms with Gasteiger partial charge in [-0.15, -0.1) is 0 Å². The lowest BCUT2D eigenvalue weighted by Crippen LogP contribution is -2.43. The smallest absolute Gasteiger partial charge is 0.234 e. The fraction of sp³-hybridized carbons (Fsp3) is 0.650. The van der Waals surface area contributed by atoms with Crippen molar-refractivity contribution in [1.29, 1.82) is 0 Å². The van der Waals surface area contributed by atoms with Crippen LogP contribution in [0.5, 0.6) is 5.75 Å². The Kier molecular flexibility index (Phi) is 6.70. The second kappa shape index (κ2) is 9.20. The van der Waals surface area contributed by atoms with E-state index in [1.165, 1.54) is 12.8 Å². The molecule has 1 heterocycles. The van der Waals surface area contributed by atoms with Gasteiger partial charge in [0.15, 0.2) is 0 Å². The Morgan fingerprint density at radius 1 is 1.24 bits per heavy atom. The predicted molar refractivity (Wildman–Crippen MR) is 97.6 cm³/mol. The summed E-state index contributed by atoms with van der Waals surface area (Å²) in [6.45, 7) is 2.73. The number of carbonyl (C=O) groups excluding carboxylic acids is 1. The SMILES string of the molecule is COc1ccccc1CN(CC(=O)NC1CCCC1)C[C@H]1CCCO1. The van der Waals surface area contributed by atoms with Crippen molar-refractivity contribution < 1.29 is 14.3 Å². The molecule has 1 N–H and O–H groups in total. The van der Waals surface area contributed by atoms with Gasteiger partial charge < -0.3 is 14.8 Å². The molecule has 1 amide bonds. The van der Waals surface area contributed by atoms with E-state index in [2.05, 4.69) is 16.3 Å². The predicted octanol–water partition coefficient (Wildman–Crippen LogP) is 2.74. The number of amides is 1. The number of carbonyl (C=O) groups is 1. The minimum atomic E-state index is 0.125. The van der Waals surface area contributed by atoms with E-state index >= 15 is 0 Å². The topological polar surface area (TPSA) is 50.8 Å². The van der Waals surface area contributed by atoms with Crippen molar-refractivity contribution in [3.05, 3.63) is 29.8 Å². The van der Waals surface area contributed by atoms with Crippen LogP contribution < -0.4 is 10.1 Å². The molecule has 1 aromatic carbocycles. The first-order chi connectivity index (χ1) is 12.2. The van der Waals surface area contributed by atoms with Gasteiger partial charge in [0.05, 0.1) is 19.8 Å². The van der Waals surface area contributed by atoms with Gasteiger partial charge in [0.1, 0.15) is 5.75 Å². The minimum absolute atomic E-state index is 0.125. The minimum Gasteiger partial charge on any atom is -0.496 e. The summed E-state index contributed by atoms with van der Waals surface area (Å²) < 4.78 is 11.3. The van der Waals surface area contributed by atoms with Crippen molar-refractivity contribution in [2.45, 2.75) is 57.2 Å². The molecule has 1 aliphatic carbocycles. The normalized spacial score (nSPS) is 21.0. The van der Waals surface area contributed by atoms with E-state index in [-0.39, 0.29) is 12.0 Å². The number of para-hydroxylation sites is 1. The van der Waals surface area contributed by atoms with E-state index in [9.17, 15) is 4.79 Å². The zero-order chi connectivity index (χ0) is 17.5. The van der Waals surface area contributed by atoms with Crippen molar-refractivity contribution >= 4 is 5.91 Å². The number of nitrogens with one attached hydrogen (secondary N) is 1. The van der Waals surface area contributed by atoms with E-state index in [1.54, 1.807) is 7.11 Å². The van der Waals surface area contributed by atoms with E-state index in [1.807, 2.05) is 18.2 Å². The number of hydrogen-bond donors (Lipinski definition) is 1. The standard InChI is InChI=1S/C20H30N2O3/c1-24-19-11-5-2-7-16(19)13-22(14-18-10-6-12-25-18)15-20(23)21-17-8-3-4-9-17/h2,5,7,11,17-18H,3-4,6,8-10,12-15H2,1H3,(H,21,23)/t18-/m1/s1. The van der Waals surface area contributed by atoms with Crippen LogP contribution in [0.15, 0.2) is 24.3 Å². The van der Waals surface area contributed by atoms with Gasteiger partial charge in [-0.2, -0.15) is 0 Å². The van der Waals surface area contributed by atoms with Crippen LogP contribution in [0.25, 0.3) is 0 Å². The molecular formula is C20H30N2O3. The number of benzene rings is 1. The van der Waals surface area contributed by atoms with Crippen molar-refractivity contribution in [2.24, 2.45) is 0 Å². The Morgan fingerprint density at radius 3 is 2.76 bits per heavy atom. The highest BCUT2D eigenvalue weighted by Crippen LogP contribution is 2.21. The molecule has 1 aromatic rings. The Hall–Kier alpha value is -1.59. The lowest BCUT2D eigenvalue weighted by atomic mass is 10.1. The van der Waals surface area contributed by atoms with E-state index in [4.69, 9.17) is 9.47 Å². The molecule has 2 fully saturated rings. The average molecular weight is 346 g/mol. The molecule has 1 saturated carbocycles. The molecule has 1 atom stereocenters. The van der Waals surface area contributed by atoms with Crippen molar-refractivity contribution in [1.82, 2.24) is 10.2 Å². The van der Waals surface area contributed by atoms with Gasteiger partial charge in [-0.1, -0.05) is 31.0 Å². The highest BCUT2D eigenvalue weighted by atomic mass is 16.5. The summed E-state index contributed by atoms with van der Waals surface area (Å²) in [5.41, 5.74) is 1.11. The van der Waals surface area contributed by atoms with Crippen LogP contribution >= 0.6 is 0 Å². The molecule has 0 bridgehead atoms. The Morgan fingerprint density at radius 2 is 2.04 bits per heavy atom. The summed E-state index contributed by atoms with van der Waals surface area (Å²) in [5.74, 6) is 0.996. The molecule has 5 heteroatoms. The molecule has 1 saturated heterocycles. The molecule has 0 aromatic heterocycles. The Bertz CT molecular complexity index is 552. The van der Waals surface area contributed by atoms with Gasteiger partial charge in [0.25, 0.3) is 0 Å². The van der Waals surface area contributed by atoms with Gasteiger partial charge in [0, 0.05) is 31.3 Å². The van der Waals surface area contributed by atoms with E-state index in [0.717, 1.165) is 50.1 Å². The molecule has 0 unspecified atom stereocenters. The third kappa shape index (κ3) is 5.44. The molecule has 25 heavy (non-hydrogen) atoms. The first kappa shape index (κ1) is 18.2. The number of hydrogen-bond acceptors (Lipinski definition) is 4. The summed E-state index contributed by atoms with van der Waals surface area (Å²) in [4.78, 5) is 14.7. The molecule has 3 rings (SSSR count). The second-order valence-corrected chi connectivity index (χ2v) is 7.17. The quantitative estimate of drug-likeness (QED) is 0.786. The molecule has 0 radical (unpaired) electrons. The summed E-state index contributed by atoms with van der Waals surface area (Å²) in [7, 11) is 1.69. The first-order valence-electron chi connectivity index (χ1n) is 9.50. The Balaban J connectivity index is 1.62. The van der Waals surface area contributed by atoms with E-state index in [0.29, 0.717) is 19.1 Å². The van der Waals surface area contributed by atoms with Crippen LogP contribution in [-0.2, 0) is 16.1 Å². The molecule has 2 aliphatic rings. The lowest BCUT2D eigenvalue weighted by molar-refractivity contribution is -0.123. The number of ether oxygens (including phenoxy) is 2. The number of rotatable bonds is 8. The second-order valence-electron chi connectivity index (χ2n) is 7.17. The van der Waals surface area contributed by atoms with Crippen molar-refractivity contribution in [3.8, 4) is 5.75 Å². The van der Waals surface area contributed by atoms with Crippen LogP contribution in [0, 0.1) is 0 Å². The highest BCUT2D eigenvalue weighted by molar-refractivity contribution is 5.78. The third-order valence-corrected chi connectivity index (χ3v) is 5.16.